The van der Waals surface area contributed by atoms with Gasteiger partial charge in [-0.1, -0.05) is 59.6 Å². The first kappa shape index (κ1) is 26.9. The van der Waals surface area contributed by atoms with Gasteiger partial charge in [-0.3, -0.25) is 9.79 Å². The van der Waals surface area contributed by atoms with Gasteiger partial charge in [-0.25, -0.2) is 9.18 Å². The first-order chi connectivity index (χ1) is 18.8. The van der Waals surface area contributed by atoms with Crippen LogP contribution in [0.15, 0.2) is 83.1 Å². The lowest BCUT2D eigenvalue weighted by Crippen LogP contribution is -2.43. The number of nitrogens with zero attached hydrogens (tertiary/aromatic N) is 2. The molecule has 3 aromatic rings. The number of rotatable bonds is 5. The fourth-order valence-electron chi connectivity index (χ4n) is 5.13. The van der Waals surface area contributed by atoms with Gasteiger partial charge in [0.2, 0.25) is 0 Å². The Labute approximate surface area is 235 Å². The van der Waals surface area contributed by atoms with Gasteiger partial charge in [-0.05, 0) is 59.4 Å². The number of hydrogen-bond acceptors (Lipinski definition) is 4. The molecule has 1 heterocycles. The van der Waals surface area contributed by atoms with Crippen molar-refractivity contribution in [2.75, 3.05) is 18.4 Å². The van der Waals surface area contributed by atoms with E-state index in [2.05, 4.69) is 10.3 Å². The molecular weight excluding hydrogens is 540 g/mol. The molecule has 1 aliphatic carbocycles. The lowest BCUT2D eigenvalue weighted by Gasteiger charge is -2.36. The number of carbonyl (C=O) groups excluding carboxylic acids is 2. The quantitative estimate of drug-likeness (QED) is 0.318. The van der Waals surface area contributed by atoms with Crippen molar-refractivity contribution < 1.29 is 19.1 Å². The summed E-state index contributed by atoms with van der Waals surface area (Å²) in [5.74, 6) is -0.837. The molecule has 1 aliphatic heterocycles. The summed E-state index contributed by atoms with van der Waals surface area (Å²) in [6.07, 6.45) is 2.57. The molecule has 39 heavy (non-hydrogen) atoms. The van der Waals surface area contributed by atoms with Gasteiger partial charge in [0.25, 0.3) is 0 Å². The van der Waals surface area contributed by atoms with E-state index in [9.17, 15) is 19.1 Å². The van der Waals surface area contributed by atoms with Crippen LogP contribution in [0, 0.1) is 5.82 Å². The molecule has 0 spiro atoms. The number of aliphatic imine (C=N–C) groups is 1. The topological polar surface area (TPSA) is 82.0 Å². The first-order valence-electron chi connectivity index (χ1n) is 12.6. The van der Waals surface area contributed by atoms with E-state index in [-0.39, 0.29) is 60.3 Å². The normalized spacial score (nSPS) is 19.4. The zero-order valence-electron chi connectivity index (χ0n) is 20.9. The highest BCUT2D eigenvalue weighted by atomic mass is 35.5. The zero-order chi connectivity index (χ0) is 27.5. The predicted molar refractivity (Wildman–Crippen MR) is 151 cm³/mol. The minimum absolute atomic E-state index is 0.0393. The maximum absolute atomic E-state index is 13.3. The molecule has 9 heteroatoms. The number of halogens is 3. The second-order valence-corrected chi connectivity index (χ2v) is 10.5. The van der Waals surface area contributed by atoms with Crippen molar-refractivity contribution in [3.8, 4) is 0 Å². The Bertz CT molecular complexity index is 1470. The molecule has 1 unspecified atom stereocenters. The fraction of sp³-hybridized carbons (Fsp3) is 0.233. The van der Waals surface area contributed by atoms with Crippen LogP contribution in [0.3, 0.4) is 0 Å². The monoisotopic (exact) mass is 565 g/mol. The molecule has 0 bridgehead atoms. The fourth-order valence-corrected chi connectivity index (χ4v) is 5.43. The molecule has 0 saturated carbocycles. The molecule has 0 aromatic heterocycles. The van der Waals surface area contributed by atoms with Crippen LogP contribution < -0.4 is 5.32 Å². The summed E-state index contributed by atoms with van der Waals surface area (Å²) in [6, 6.07) is 18.1. The summed E-state index contributed by atoms with van der Waals surface area (Å²) in [5.41, 5.74) is 3.61. The van der Waals surface area contributed by atoms with E-state index in [0.29, 0.717) is 28.7 Å². The Kier molecular flexibility index (Phi) is 8.00. The third kappa shape index (κ3) is 6.00. The van der Waals surface area contributed by atoms with E-state index in [1.165, 1.54) is 18.3 Å². The molecule has 0 radical (unpaired) electrons. The Morgan fingerprint density at radius 2 is 1.85 bits per heavy atom. The molecule has 2 amide bonds. The van der Waals surface area contributed by atoms with E-state index >= 15 is 0 Å². The molecule has 200 valence electrons. The van der Waals surface area contributed by atoms with Gasteiger partial charge < -0.3 is 15.3 Å². The number of Topliss-reactive ketones (excluding diaryl/α,β-unsaturated/α-hetero) is 1. The molecule has 0 saturated heterocycles. The van der Waals surface area contributed by atoms with Crippen LogP contribution in [0.1, 0.15) is 41.5 Å². The maximum atomic E-state index is 13.3. The number of allylic oxidation sites excluding steroid dienone is 2. The number of aliphatic hydroxyl groups is 1. The number of benzene rings is 3. The maximum Gasteiger partial charge on any atom is 0.322 e. The Morgan fingerprint density at radius 3 is 2.59 bits per heavy atom. The molecule has 3 aromatic carbocycles. The molecule has 0 fully saturated rings. The summed E-state index contributed by atoms with van der Waals surface area (Å²) in [6.45, 7) is 0.688. The number of nitrogens with one attached hydrogen (secondary N) is 1. The SMILES string of the molecule is O=C1CC(c2ccc(F)cc2)CC(O)=C1C=NC[C@H]1c2ccccc2CCN1C(=O)Nc1ccc(Cl)c(Cl)c1. The van der Waals surface area contributed by atoms with Crippen LogP contribution in [-0.4, -0.2) is 41.1 Å². The van der Waals surface area contributed by atoms with Gasteiger partial charge in [-0.15, -0.1) is 0 Å². The summed E-state index contributed by atoms with van der Waals surface area (Å²) in [5, 5.41) is 14.3. The number of aliphatic hydroxyl groups excluding tert-OH is 1. The van der Waals surface area contributed by atoms with Crippen molar-refractivity contribution in [1.82, 2.24) is 4.90 Å². The molecule has 2 atom stereocenters. The number of carbonyl (C=O) groups is 2. The first-order valence-corrected chi connectivity index (χ1v) is 13.4. The van der Waals surface area contributed by atoms with Crippen LogP contribution >= 0.6 is 23.2 Å². The standard InChI is InChI=1S/C30H26Cl2FN3O3/c31-25-10-9-22(15-26(25)32)35-30(39)36-12-11-19-3-1-2-4-23(19)27(36)17-34-16-24-28(37)13-20(14-29(24)38)18-5-7-21(33)8-6-18/h1-10,15-16,20,27,37H,11-14,17H2,(H,35,39)/t20?,27-/m0/s1. The van der Waals surface area contributed by atoms with E-state index in [0.717, 1.165) is 16.7 Å². The van der Waals surface area contributed by atoms with E-state index in [1.54, 1.807) is 35.2 Å². The van der Waals surface area contributed by atoms with Crippen molar-refractivity contribution in [2.24, 2.45) is 4.99 Å². The van der Waals surface area contributed by atoms with Crippen molar-refractivity contribution >= 4 is 46.9 Å². The Balaban J connectivity index is 1.34. The van der Waals surface area contributed by atoms with Crippen molar-refractivity contribution in [3.05, 3.63) is 111 Å². The van der Waals surface area contributed by atoms with Gasteiger partial charge in [0.15, 0.2) is 5.78 Å². The van der Waals surface area contributed by atoms with Crippen LogP contribution in [0.5, 0.6) is 0 Å². The van der Waals surface area contributed by atoms with Crippen LogP contribution in [0.25, 0.3) is 0 Å². The van der Waals surface area contributed by atoms with Crippen LogP contribution in [0.2, 0.25) is 10.0 Å². The average Bonchev–Trinajstić information content (AvgIpc) is 2.92. The molecular formula is C30H26Cl2FN3O3. The summed E-state index contributed by atoms with van der Waals surface area (Å²) in [7, 11) is 0. The Hall–Kier alpha value is -3.68. The van der Waals surface area contributed by atoms with E-state index < -0.39 is 0 Å². The number of urea groups is 1. The van der Waals surface area contributed by atoms with Crippen molar-refractivity contribution in [2.45, 2.75) is 31.2 Å². The largest absolute Gasteiger partial charge is 0.511 e. The average molecular weight is 566 g/mol. The summed E-state index contributed by atoms with van der Waals surface area (Å²) < 4.78 is 13.3. The van der Waals surface area contributed by atoms with Crippen molar-refractivity contribution in [1.29, 1.82) is 0 Å². The molecule has 6 nitrogen and oxygen atoms in total. The molecule has 5 rings (SSSR count). The highest BCUT2D eigenvalue weighted by Crippen LogP contribution is 2.34. The van der Waals surface area contributed by atoms with Gasteiger partial charge in [0, 0.05) is 31.3 Å². The number of anilines is 1. The summed E-state index contributed by atoms with van der Waals surface area (Å²) >= 11 is 12.1. The van der Waals surface area contributed by atoms with Gasteiger partial charge in [-0.2, -0.15) is 0 Å². The number of amides is 2. The lowest BCUT2D eigenvalue weighted by atomic mass is 9.83. The van der Waals surface area contributed by atoms with Gasteiger partial charge in [0.05, 0.1) is 28.2 Å². The smallest absolute Gasteiger partial charge is 0.322 e. The third-order valence-corrected chi connectivity index (χ3v) is 7.91. The number of fused-ring (bicyclic) bond motifs is 1. The minimum Gasteiger partial charge on any atom is -0.511 e. The zero-order valence-corrected chi connectivity index (χ0v) is 22.4. The second kappa shape index (κ2) is 11.6. The van der Waals surface area contributed by atoms with Crippen molar-refractivity contribution in [3.63, 3.8) is 0 Å². The summed E-state index contributed by atoms with van der Waals surface area (Å²) in [4.78, 5) is 32.4. The minimum atomic E-state index is -0.373. The third-order valence-electron chi connectivity index (χ3n) is 7.17. The molecule has 2 N–H and O–H groups in total. The van der Waals surface area contributed by atoms with Gasteiger partial charge in [0.1, 0.15) is 11.6 Å². The lowest BCUT2D eigenvalue weighted by molar-refractivity contribution is -0.116. The van der Waals surface area contributed by atoms with E-state index in [4.69, 9.17) is 23.2 Å². The highest BCUT2D eigenvalue weighted by Gasteiger charge is 2.31. The highest BCUT2D eigenvalue weighted by molar-refractivity contribution is 6.42. The number of hydrogen-bond donors (Lipinski definition) is 2. The van der Waals surface area contributed by atoms with E-state index in [1.807, 2.05) is 24.3 Å². The van der Waals surface area contributed by atoms with Crippen LogP contribution in [0.4, 0.5) is 14.9 Å². The Morgan fingerprint density at radius 1 is 1.08 bits per heavy atom. The van der Waals surface area contributed by atoms with Crippen LogP contribution in [-0.2, 0) is 11.2 Å². The molecule has 2 aliphatic rings. The number of ketones is 1. The second-order valence-electron chi connectivity index (χ2n) is 9.65. The van der Waals surface area contributed by atoms with Gasteiger partial charge >= 0.3 is 6.03 Å². The predicted octanol–water partition coefficient (Wildman–Crippen LogP) is 7.29.